The van der Waals surface area contributed by atoms with Crippen molar-refractivity contribution in [2.75, 3.05) is 6.54 Å². The fraction of sp³-hybridized carbons (Fsp3) is 0.182. The second-order valence-corrected chi connectivity index (χ2v) is 3.54. The van der Waals surface area contributed by atoms with Crippen LogP contribution >= 0.6 is 11.6 Å². The molecule has 0 saturated heterocycles. The number of benzene rings is 1. The lowest BCUT2D eigenvalue weighted by molar-refractivity contribution is -0.384. The number of carbonyl (C=O) groups excluding carboxylic acids is 1. The molecule has 1 aromatic carbocycles. The molecule has 6 heteroatoms. The van der Waals surface area contributed by atoms with Gasteiger partial charge in [-0.15, -0.1) is 12.3 Å². The first kappa shape index (κ1) is 13.0. The van der Waals surface area contributed by atoms with Gasteiger partial charge in [0.15, 0.2) is 0 Å². The summed E-state index contributed by atoms with van der Waals surface area (Å²) in [5, 5.41) is 13.0. The summed E-state index contributed by atoms with van der Waals surface area (Å²) in [6.45, 7) is 0.351. The van der Waals surface area contributed by atoms with Gasteiger partial charge in [-0.1, -0.05) is 11.6 Å². The molecule has 88 valence electrons. The van der Waals surface area contributed by atoms with Crippen molar-refractivity contribution in [3.63, 3.8) is 0 Å². The Hall–Kier alpha value is -2.06. The summed E-state index contributed by atoms with van der Waals surface area (Å²) < 4.78 is 0. The largest absolute Gasteiger partial charge is 0.351 e. The first-order chi connectivity index (χ1) is 8.06. The molecule has 0 aliphatic rings. The number of hydrogen-bond acceptors (Lipinski definition) is 3. The van der Waals surface area contributed by atoms with Gasteiger partial charge in [0.25, 0.3) is 11.6 Å². The lowest BCUT2D eigenvalue weighted by atomic mass is 10.2. The maximum absolute atomic E-state index is 11.5. The Bertz CT molecular complexity index is 494. The topological polar surface area (TPSA) is 72.2 Å². The molecule has 0 aliphatic carbocycles. The zero-order valence-electron chi connectivity index (χ0n) is 8.77. The number of terminal acetylenes is 1. The van der Waals surface area contributed by atoms with Crippen molar-refractivity contribution in [1.29, 1.82) is 0 Å². The van der Waals surface area contributed by atoms with Gasteiger partial charge in [0.2, 0.25) is 0 Å². The average Bonchev–Trinajstić information content (AvgIpc) is 2.28. The fourth-order valence-electron chi connectivity index (χ4n) is 1.15. The molecule has 0 fully saturated rings. The Morgan fingerprint density at radius 2 is 2.29 bits per heavy atom. The van der Waals surface area contributed by atoms with Gasteiger partial charge < -0.3 is 5.32 Å². The van der Waals surface area contributed by atoms with E-state index in [1.165, 1.54) is 18.2 Å². The monoisotopic (exact) mass is 252 g/mol. The van der Waals surface area contributed by atoms with Crippen LogP contribution < -0.4 is 5.32 Å². The molecule has 5 nitrogen and oxygen atoms in total. The highest BCUT2D eigenvalue weighted by molar-refractivity contribution is 6.33. The van der Waals surface area contributed by atoms with Gasteiger partial charge in [-0.25, -0.2) is 0 Å². The van der Waals surface area contributed by atoms with Crippen LogP contribution in [0.1, 0.15) is 16.8 Å². The normalized spacial score (nSPS) is 9.41. The van der Waals surface area contributed by atoms with E-state index in [1.807, 2.05) is 0 Å². The van der Waals surface area contributed by atoms with Gasteiger partial charge in [0.05, 0.1) is 4.92 Å². The van der Waals surface area contributed by atoms with Crippen molar-refractivity contribution in [3.8, 4) is 12.3 Å². The van der Waals surface area contributed by atoms with Crippen molar-refractivity contribution in [1.82, 2.24) is 5.32 Å². The molecule has 0 atom stereocenters. The van der Waals surface area contributed by atoms with Crippen LogP contribution in [0.5, 0.6) is 0 Å². The standard InChI is InChI=1S/C11H9ClN2O3/c1-2-3-6-13-11(15)8-4-5-10(14(16)17)9(12)7-8/h1,4-5,7H,3,6H2,(H,13,15). The molecule has 0 aromatic heterocycles. The maximum Gasteiger partial charge on any atom is 0.287 e. The molecular formula is C11H9ClN2O3. The molecule has 0 spiro atoms. The van der Waals surface area contributed by atoms with E-state index in [-0.39, 0.29) is 22.2 Å². The third-order valence-electron chi connectivity index (χ3n) is 1.96. The minimum absolute atomic E-state index is 0.0698. The van der Waals surface area contributed by atoms with E-state index in [1.54, 1.807) is 0 Å². The first-order valence-electron chi connectivity index (χ1n) is 4.72. The third kappa shape index (κ3) is 3.47. The Balaban J connectivity index is 2.80. The number of nitro benzene ring substituents is 1. The summed E-state index contributed by atoms with van der Waals surface area (Å²) in [6.07, 6.45) is 5.46. The lowest BCUT2D eigenvalue weighted by Gasteiger charge is -2.03. The van der Waals surface area contributed by atoms with Crippen molar-refractivity contribution in [2.45, 2.75) is 6.42 Å². The molecular weight excluding hydrogens is 244 g/mol. The van der Waals surface area contributed by atoms with Crippen LogP contribution in [-0.4, -0.2) is 17.4 Å². The molecule has 0 bridgehead atoms. The predicted molar refractivity (Wildman–Crippen MR) is 63.9 cm³/mol. The zero-order chi connectivity index (χ0) is 12.8. The van der Waals surface area contributed by atoms with Gasteiger partial charge in [0.1, 0.15) is 5.02 Å². The minimum Gasteiger partial charge on any atom is -0.351 e. The van der Waals surface area contributed by atoms with Gasteiger partial charge in [0, 0.05) is 24.6 Å². The zero-order valence-corrected chi connectivity index (χ0v) is 9.53. The highest BCUT2D eigenvalue weighted by Gasteiger charge is 2.14. The summed E-state index contributed by atoms with van der Waals surface area (Å²) in [5.41, 5.74) is 0.0319. The molecule has 0 aliphatic heterocycles. The summed E-state index contributed by atoms with van der Waals surface area (Å²) >= 11 is 5.68. The predicted octanol–water partition coefficient (Wildman–Crippen LogP) is 2.00. The smallest absolute Gasteiger partial charge is 0.287 e. The summed E-state index contributed by atoms with van der Waals surface area (Å²) in [7, 11) is 0. The van der Waals surface area contributed by atoms with Crippen LogP contribution in [0.4, 0.5) is 5.69 Å². The minimum atomic E-state index is -0.609. The number of amides is 1. The van der Waals surface area contributed by atoms with Crippen LogP contribution in [0.25, 0.3) is 0 Å². The number of nitrogens with one attached hydrogen (secondary N) is 1. The third-order valence-corrected chi connectivity index (χ3v) is 2.26. The summed E-state index contributed by atoms with van der Waals surface area (Å²) in [6, 6.07) is 3.79. The van der Waals surface area contributed by atoms with E-state index in [2.05, 4.69) is 11.2 Å². The number of carbonyl (C=O) groups is 1. The van der Waals surface area contributed by atoms with E-state index in [0.29, 0.717) is 13.0 Å². The van der Waals surface area contributed by atoms with Crippen LogP contribution in [0, 0.1) is 22.5 Å². The quantitative estimate of drug-likeness (QED) is 0.386. The maximum atomic E-state index is 11.5. The van der Waals surface area contributed by atoms with Gasteiger partial charge in [-0.2, -0.15) is 0 Å². The van der Waals surface area contributed by atoms with E-state index in [9.17, 15) is 14.9 Å². The Morgan fingerprint density at radius 3 is 2.82 bits per heavy atom. The number of rotatable bonds is 4. The molecule has 17 heavy (non-hydrogen) atoms. The molecule has 1 amide bonds. The van der Waals surface area contributed by atoms with Crippen molar-refractivity contribution in [3.05, 3.63) is 38.9 Å². The molecule has 1 rings (SSSR count). The van der Waals surface area contributed by atoms with Gasteiger partial charge in [-0.05, 0) is 12.1 Å². The summed E-state index contributed by atoms with van der Waals surface area (Å²) in [5.74, 6) is 2.02. The Kier molecular flexibility index (Phi) is 4.49. The lowest BCUT2D eigenvalue weighted by Crippen LogP contribution is -2.24. The average molecular weight is 253 g/mol. The molecule has 1 N–H and O–H groups in total. The highest BCUT2D eigenvalue weighted by Crippen LogP contribution is 2.24. The second-order valence-electron chi connectivity index (χ2n) is 3.13. The SMILES string of the molecule is C#CCCNC(=O)c1ccc([N+](=O)[O-])c(Cl)c1. The van der Waals surface area contributed by atoms with Crippen LogP contribution in [-0.2, 0) is 0 Å². The summed E-state index contributed by atoms with van der Waals surface area (Å²) in [4.78, 5) is 21.4. The van der Waals surface area contributed by atoms with Crippen molar-refractivity contribution < 1.29 is 9.72 Å². The van der Waals surface area contributed by atoms with E-state index in [0.717, 1.165) is 0 Å². The molecule has 0 unspecified atom stereocenters. The van der Waals surface area contributed by atoms with Crippen molar-refractivity contribution >= 4 is 23.2 Å². The molecule has 0 heterocycles. The van der Waals surface area contributed by atoms with Gasteiger partial charge in [-0.3, -0.25) is 14.9 Å². The number of hydrogen-bond donors (Lipinski definition) is 1. The van der Waals surface area contributed by atoms with Crippen LogP contribution in [0.15, 0.2) is 18.2 Å². The van der Waals surface area contributed by atoms with E-state index >= 15 is 0 Å². The van der Waals surface area contributed by atoms with Crippen molar-refractivity contribution in [2.24, 2.45) is 0 Å². The number of nitro groups is 1. The van der Waals surface area contributed by atoms with E-state index < -0.39 is 4.92 Å². The van der Waals surface area contributed by atoms with E-state index in [4.69, 9.17) is 18.0 Å². The van der Waals surface area contributed by atoms with Crippen LogP contribution in [0.3, 0.4) is 0 Å². The molecule has 0 radical (unpaired) electrons. The number of halogens is 1. The number of nitrogens with zero attached hydrogens (tertiary/aromatic N) is 1. The first-order valence-corrected chi connectivity index (χ1v) is 5.09. The highest BCUT2D eigenvalue weighted by atomic mass is 35.5. The second kappa shape index (κ2) is 5.87. The Labute approximate surface area is 103 Å². The van der Waals surface area contributed by atoms with Crippen LogP contribution in [0.2, 0.25) is 5.02 Å². The Morgan fingerprint density at radius 1 is 1.59 bits per heavy atom. The fourth-order valence-corrected chi connectivity index (χ4v) is 1.40. The molecule has 1 aromatic rings. The van der Waals surface area contributed by atoms with Gasteiger partial charge >= 0.3 is 0 Å². The molecule has 0 saturated carbocycles.